The summed E-state index contributed by atoms with van der Waals surface area (Å²) >= 11 is 5.75. The molecule has 0 radical (unpaired) electrons. The number of alkyl carbamates (subject to hydrolysis) is 1. The Bertz CT molecular complexity index is 3640. The van der Waals surface area contributed by atoms with Crippen molar-refractivity contribution in [3.05, 3.63) is 204 Å². The van der Waals surface area contributed by atoms with Crippen LogP contribution in [0.25, 0.3) is 22.5 Å². The van der Waals surface area contributed by atoms with E-state index in [2.05, 4.69) is 205 Å². The Labute approximate surface area is 594 Å². The van der Waals surface area contributed by atoms with Gasteiger partial charge in [0.25, 0.3) is 16.6 Å². The number of esters is 3. The van der Waals surface area contributed by atoms with Gasteiger partial charge in [-0.1, -0.05) is 238 Å². The van der Waals surface area contributed by atoms with Crippen molar-refractivity contribution in [2.24, 2.45) is 20.0 Å². The van der Waals surface area contributed by atoms with Gasteiger partial charge in [0.15, 0.2) is 0 Å². The second-order valence-electron chi connectivity index (χ2n) is 27.7. The largest absolute Gasteiger partial charge is 0.460 e. The SMILES string of the molecule is CC(C)(C)OC(=O)C[C@@H](CI)CCO[Si](c1ccccc1)(c1ccccc1)C(C)(C)C.CCOC(=O)c1nc(-c2ccc(Br)cc2)cn1C.CCOC(=O)c1nc(-c2ccc(CC(CCO[Si](c3ccccc3)(c3ccccc3)C(C)(C)C)NC(=O)OC(C)(C)C)cc2)cn1C. The molecule has 2 heterocycles. The van der Waals surface area contributed by atoms with Gasteiger partial charge in [0.1, 0.15) is 11.2 Å². The molecule has 2 atom stereocenters. The van der Waals surface area contributed by atoms with Crippen LogP contribution in [0.1, 0.15) is 143 Å². The highest BCUT2D eigenvalue weighted by molar-refractivity contribution is 14.1. The van der Waals surface area contributed by atoms with E-state index in [1.807, 2.05) is 115 Å². The maximum absolute atomic E-state index is 13.0. The zero-order valence-corrected chi connectivity index (χ0v) is 64.7. The summed E-state index contributed by atoms with van der Waals surface area (Å²) in [6.07, 6.45) is 5.63. The van der Waals surface area contributed by atoms with E-state index in [4.69, 9.17) is 27.8 Å². The summed E-state index contributed by atoms with van der Waals surface area (Å²) in [7, 11) is -1.70. The second kappa shape index (κ2) is 35.5. The van der Waals surface area contributed by atoms with Gasteiger partial charge in [-0.3, -0.25) is 4.79 Å². The molecule has 0 saturated heterocycles. The van der Waals surface area contributed by atoms with Crippen LogP contribution in [0.3, 0.4) is 0 Å². The van der Waals surface area contributed by atoms with Gasteiger partial charge in [-0.05, 0) is 129 Å². The molecular weight excluding hydrogens is 1420 g/mol. The summed E-state index contributed by atoms with van der Waals surface area (Å²) in [5.74, 6) is -0.158. The maximum atomic E-state index is 13.0. The summed E-state index contributed by atoms with van der Waals surface area (Å²) in [5.41, 5.74) is 3.26. The lowest BCUT2D eigenvalue weighted by Crippen LogP contribution is -2.66. The van der Waals surface area contributed by atoms with Crippen LogP contribution in [-0.2, 0) is 53.1 Å². The molecule has 0 fully saturated rings. The molecule has 0 bridgehead atoms. The molecular formula is C77H99BrIN5O10Si2. The third kappa shape index (κ3) is 22.0. The van der Waals surface area contributed by atoms with E-state index in [1.54, 1.807) is 37.1 Å². The molecule has 6 aromatic carbocycles. The predicted molar refractivity (Wildman–Crippen MR) is 403 cm³/mol. The highest BCUT2D eigenvalue weighted by Crippen LogP contribution is 2.39. The Morgan fingerprint density at radius 2 is 0.885 bits per heavy atom. The van der Waals surface area contributed by atoms with Crippen LogP contribution in [0.2, 0.25) is 10.1 Å². The Hall–Kier alpha value is -7.02. The van der Waals surface area contributed by atoms with Gasteiger partial charge in [0.05, 0.1) is 24.6 Å². The minimum absolute atomic E-state index is 0.0410. The van der Waals surface area contributed by atoms with Gasteiger partial charge in [0.2, 0.25) is 11.6 Å². The van der Waals surface area contributed by atoms with Crippen LogP contribution in [0.5, 0.6) is 0 Å². The first-order valence-electron chi connectivity index (χ1n) is 32.9. The van der Waals surface area contributed by atoms with Crippen molar-refractivity contribution in [3.63, 3.8) is 0 Å². The molecule has 8 rings (SSSR count). The number of aryl methyl sites for hydroxylation is 2. The van der Waals surface area contributed by atoms with Crippen LogP contribution in [0.4, 0.5) is 4.79 Å². The molecule has 0 saturated carbocycles. The van der Waals surface area contributed by atoms with E-state index in [0.29, 0.717) is 50.6 Å². The lowest BCUT2D eigenvalue weighted by molar-refractivity contribution is -0.155. The Morgan fingerprint density at radius 1 is 0.521 bits per heavy atom. The van der Waals surface area contributed by atoms with Gasteiger partial charge in [-0.15, -0.1) is 0 Å². The molecule has 0 spiro atoms. The molecule has 8 aromatic rings. The molecule has 0 aliphatic heterocycles. The Kier molecular flexibility index (Phi) is 28.8. The van der Waals surface area contributed by atoms with Gasteiger partial charge in [-0.25, -0.2) is 24.4 Å². The van der Waals surface area contributed by atoms with E-state index in [-0.39, 0.29) is 40.4 Å². The minimum atomic E-state index is -2.73. The topological polar surface area (TPSA) is 171 Å². The normalized spacial score (nSPS) is 12.6. The summed E-state index contributed by atoms with van der Waals surface area (Å²) in [6.45, 7) is 30.2. The van der Waals surface area contributed by atoms with Crippen molar-refractivity contribution in [1.82, 2.24) is 24.4 Å². The zero-order chi connectivity index (χ0) is 70.5. The van der Waals surface area contributed by atoms with Crippen molar-refractivity contribution in [3.8, 4) is 22.5 Å². The van der Waals surface area contributed by atoms with E-state index >= 15 is 0 Å². The van der Waals surface area contributed by atoms with Gasteiger partial charge >= 0.3 is 24.0 Å². The first-order chi connectivity index (χ1) is 45.3. The van der Waals surface area contributed by atoms with Crippen molar-refractivity contribution in [2.45, 2.75) is 150 Å². The van der Waals surface area contributed by atoms with E-state index < -0.39 is 45.9 Å². The number of hydrogen-bond donors (Lipinski definition) is 1. The van der Waals surface area contributed by atoms with Gasteiger partial charge < -0.3 is 42.3 Å². The third-order valence-corrected chi connectivity index (χ3v) is 27.7. The molecule has 0 aliphatic rings. The number of benzene rings is 6. The fraction of sp³-hybridized carbons (Fsp3) is 0.403. The number of ether oxygens (including phenoxy) is 4. The number of hydrogen-bond acceptors (Lipinski definition) is 12. The van der Waals surface area contributed by atoms with Crippen LogP contribution in [-0.4, -0.2) is 108 Å². The number of amides is 1. The quantitative estimate of drug-likeness (QED) is 0.0200. The summed E-state index contributed by atoms with van der Waals surface area (Å²) in [6, 6.07) is 58.0. The van der Waals surface area contributed by atoms with Crippen molar-refractivity contribution in [2.75, 3.05) is 30.9 Å². The van der Waals surface area contributed by atoms with Crippen LogP contribution in [0.15, 0.2) is 187 Å². The Balaban J connectivity index is 0.000000253. The van der Waals surface area contributed by atoms with Gasteiger partial charge in [-0.2, -0.15) is 0 Å². The van der Waals surface area contributed by atoms with Crippen LogP contribution < -0.4 is 26.1 Å². The third-order valence-electron chi connectivity index (χ3n) is 15.8. The number of carbonyl (C=O) groups excluding carboxylic acids is 4. The number of alkyl halides is 1. The van der Waals surface area contributed by atoms with E-state index in [0.717, 1.165) is 37.7 Å². The molecule has 1 unspecified atom stereocenters. The molecule has 1 amide bonds. The number of nitrogens with zero attached hydrogens (tertiary/aromatic N) is 4. The highest BCUT2D eigenvalue weighted by Gasteiger charge is 2.51. The summed E-state index contributed by atoms with van der Waals surface area (Å²) in [4.78, 5) is 58.0. The van der Waals surface area contributed by atoms with Crippen molar-refractivity contribution < 1.29 is 47.0 Å². The highest BCUT2D eigenvalue weighted by atomic mass is 127. The number of imidazole rings is 2. The van der Waals surface area contributed by atoms with E-state index in [9.17, 15) is 19.2 Å². The molecule has 15 nitrogen and oxygen atoms in total. The Morgan fingerprint density at radius 3 is 1.23 bits per heavy atom. The smallest absolute Gasteiger partial charge is 0.407 e. The van der Waals surface area contributed by atoms with E-state index in [1.165, 1.54) is 20.7 Å². The van der Waals surface area contributed by atoms with Gasteiger partial charge in [0, 0.05) is 72.2 Å². The monoisotopic (exact) mass is 1520 g/mol. The number of rotatable bonds is 24. The summed E-state index contributed by atoms with van der Waals surface area (Å²) in [5, 5.41) is 7.92. The molecule has 1 N–H and O–H groups in total. The van der Waals surface area contributed by atoms with Crippen LogP contribution in [0, 0.1) is 5.92 Å². The average Bonchev–Trinajstić information content (AvgIpc) is 0.870. The summed E-state index contributed by atoms with van der Waals surface area (Å²) < 4.78 is 40.6. The number of nitrogens with one attached hydrogen (secondary N) is 1. The fourth-order valence-electron chi connectivity index (χ4n) is 11.5. The van der Waals surface area contributed by atoms with Crippen LogP contribution >= 0.6 is 38.5 Å². The standard InChI is InChI=1S/C38H49N3O5Si.C26H37IO3Si.C13H13BrN2O2/c1-9-44-35(42)34-40-33(27-41(34)8)29-22-20-28(21-23-29)26-30(39-36(43)46-37(2,3)4)24-25-45-47(38(5,6)7,31-16-12-10-13-17-31)32-18-14-11-15-19-32;1-25(2,3)30-24(28)19-21(20-27)17-18-29-31(26(4,5)6,22-13-9-7-10-14-22)23-15-11-8-12-16-23;1-3-18-13(17)12-15-11(8-16(12)2)9-4-6-10(14)7-5-9/h10-23,27,30H,9,24-26H2,1-8H3,(H,39,43);7-16,21H,17-20H2,1-6H3;4-8H,3H2,1-2H3/t;21-;/m.0./s1. The number of halogens is 2. The number of aromatic nitrogens is 4. The lowest BCUT2D eigenvalue weighted by atomic mass is 10.0. The first kappa shape index (κ1) is 78.0. The average molecular weight is 1520 g/mol. The molecule has 514 valence electrons. The molecule has 2 aromatic heterocycles. The molecule has 96 heavy (non-hydrogen) atoms. The van der Waals surface area contributed by atoms with Crippen molar-refractivity contribution >= 4 is 99.9 Å². The minimum Gasteiger partial charge on any atom is -0.460 e. The fourth-order valence-corrected chi connectivity index (χ4v) is 21.7. The second-order valence-corrected chi connectivity index (χ2v) is 38.1. The predicted octanol–water partition coefficient (Wildman–Crippen LogP) is 15.4. The van der Waals surface area contributed by atoms with Crippen molar-refractivity contribution in [1.29, 1.82) is 0 Å². The number of carbonyl (C=O) groups is 4. The first-order valence-corrected chi connectivity index (χ1v) is 39.0. The maximum Gasteiger partial charge on any atom is 0.407 e. The molecule has 0 aliphatic carbocycles. The zero-order valence-electron chi connectivity index (χ0n) is 59.0. The lowest BCUT2D eigenvalue weighted by Gasteiger charge is -2.43. The molecule has 19 heteroatoms.